The number of benzene rings is 1. The summed E-state index contributed by atoms with van der Waals surface area (Å²) in [5.41, 5.74) is 8.11. The van der Waals surface area contributed by atoms with Gasteiger partial charge in [0.25, 0.3) is 0 Å². The SMILES string of the molecule is COc1ccc(CC(C)CCN)cc1C. The van der Waals surface area contributed by atoms with Gasteiger partial charge in [-0.25, -0.2) is 0 Å². The number of rotatable bonds is 5. The fraction of sp³-hybridized carbons (Fsp3) is 0.538. The first-order chi connectivity index (χ1) is 7.17. The monoisotopic (exact) mass is 207 g/mol. The van der Waals surface area contributed by atoms with Crippen molar-refractivity contribution in [2.45, 2.75) is 26.7 Å². The van der Waals surface area contributed by atoms with E-state index in [1.807, 2.05) is 6.07 Å². The van der Waals surface area contributed by atoms with Crippen LogP contribution in [-0.2, 0) is 6.42 Å². The molecule has 0 aromatic heterocycles. The number of aryl methyl sites for hydroxylation is 1. The average molecular weight is 207 g/mol. The number of methoxy groups -OCH3 is 1. The molecule has 0 aliphatic heterocycles. The first kappa shape index (κ1) is 12.1. The van der Waals surface area contributed by atoms with Gasteiger partial charge in [0, 0.05) is 0 Å². The zero-order valence-electron chi connectivity index (χ0n) is 9.92. The number of hydrogen-bond acceptors (Lipinski definition) is 2. The van der Waals surface area contributed by atoms with Crippen molar-refractivity contribution in [2.75, 3.05) is 13.7 Å². The van der Waals surface area contributed by atoms with Gasteiger partial charge in [0.1, 0.15) is 5.75 Å². The Morgan fingerprint density at radius 3 is 2.67 bits per heavy atom. The average Bonchev–Trinajstić information content (AvgIpc) is 2.18. The first-order valence-electron chi connectivity index (χ1n) is 5.51. The molecule has 1 atom stereocenters. The van der Waals surface area contributed by atoms with Gasteiger partial charge in [-0.1, -0.05) is 19.1 Å². The largest absolute Gasteiger partial charge is 0.496 e. The van der Waals surface area contributed by atoms with Gasteiger partial charge in [-0.2, -0.15) is 0 Å². The summed E-state index contributed by atoms with van der Waals surface area (Å²) in [5, 5.41) is 0. The first-order valence-corrected chi connectivity index (χ1v) is 5.51. The van der Waals surface area contributed by atoms with Crippen molar-refractivity contribution < 1.29 is 4.74 Å². The van der Waals surface area contributed by atoms with Crippen molar-refractivity contribution in [3.8, 4) is 5.75 Å². The molecule has 2 nitrogen and oxygen atoms in total. The van der Waals surface area contributed by atoms with Crippen LogP contribution in [0.15, 0.2) is 18.2 Å². The Labute approximate surface area is 92.4 Å². The highest BCUT2D eigenvalue weighted by Gasteiger charge is 2.04. The molecule has 0 bridgehead atoms. The van der Waals surface area contributed by atoms with Crippen molar-refractivity contribution in [1.82, 2.24) is 0 Å². The normalized spacial score (nSPS) is 12.5. The van der Waals surface area contributed by atoms with E-state index in [1.54, 1.807) is 7.11 Å². The highest BCUT2D eigenvalue weighted by atomic mass is 16.5. The minimum absolute atomic E-state index is 0.655. The molecular weight excluding hydrogens is 186 g/mol. The fourth-order valence-electron chi connectivity index (χ4n) is 1.86. The van der Waals surface area contributed by atoms with Gasteiger partial charge in [-0.15, -0.1) is 0 Å². The van der Waals surface area contributed by atoms with Gasteiger partial charge < -0.3 is 10.5 Å². The molecule has 0 spiro atoms. The van der Waals surface area contributed by atoms with E-state index in [2.05, 4.69) is 26.0 Å². The quantitative estimate of drug-likeness (QED) is 0.805. The van der Waals surface area contributed by atoms with Gasteiger partial charge >= 0.3 is 0 Å². The van der Waals surface area contributed by atoms with Gasteiger partial charge in [0.15, 0.2) is 0 Å². The minimum Gasteiger partial charge on any atom is -0.496 e. The standard InChI is InChI=1S/C13H21NO/c1-10(6-7-14)8-12-4-5-13(15-3)11(2)9-12/h4-5,9-10H,6-8,14H2,1-3H3. The van der Waals surface area contributed by atoms with E-state index in [0.29, 0.717) is 5.92 Å². The van der Waals surface area contributed by atoms with Crippen LogP contribution < -0.4 is 10.5 Å². The molecule has 2 heteroatoms. The maximum absolute atomic E-state index is 5.54. The molecule has 0 fully saturated rings. The molecule has 0 amide bonds. The highest BCUT2D eigenvalue weighted by Crippen LogP contribution is 2.20. The lowest BCUT2D eigenvalue weighted by molar-refractivity contribution is 0.411. The zero-order valence-corrected chi connectivity index (χ0v) is 9.92. The number of hydrogen-bond donors (Lipinski definition) is 1. The molecular formula is C13H21NO. The van der Waals surface area contributed by atoms with Crippen LogP contribution in [0.1, 0.15) is 24.5 Å². The molecule has 0 saturated carbocycles. The Bertz CT molecular complexity index is 309. The molecule has 0 saturated heterocycles. The molecule has 1 aromatic rings. The maximum Gasteiger partial charge on any atom is 0.121 e. The Kier molecular flexibility index (Phi) is 4.63. The molecule has 1 aromatic carbocycles. The third kappa shape index (κ3) is 3.56. The fourth-order valence-corrected chi connectivity index (χ4v) is 1.86. The molecule has 1 unspecified atom stereocenters. The lowest BCUT2D eigenvalue weighted by Crippen LogP contribution is -2.08. The molecule has 84 valence electrons. The Morgan fingerprint density at radius 2 is 2.13 bits per heavy atom. The lowest BCUT2D eigenvalue weighted by atomic mass is 9.97. The Balaban J connectivity index is 2.66. The molecule has 0 radical (unpaired) electrons. The molecule has 0 aliphatic rings. The van der Waals surface area contributed by atoms with Crippen LogP contribution in [0.3, 0.4) is 0 Å². The van der Waals surface area contributed by atoms with Crippen LogP contribution >= 0.6 is 0 Å². The van der Waals surface area contributed by atoms with Gasteiger partial charge in [-0.3, -0.25) is 0 Å². The molecule has 15 heavy (non-hydrogen) atoms. The van der Waals surface area contributed by atoms with Crippen molar-refractivity contribution >= 4 is 0 Å². The van der Waals surface area contributed by atoms with Gasteiger partial charge in [0.2, 0.25) is 0 Å². The summed E-state index contributed by atoms with van der Waals surface area (Å²) in [6.45, 7) is 5.10. The highest BCUT2D eigenvalue weighted by molar-refractivity contribution is 5.36. The molecule has 0 aliphatic carbocycles. The van der Waals surface area contributed by atoms with E-state index in [-0.39, 0.29) is 0 Å². The van der Waals surface area contributed by atoms with Crippen LogP contribution in [0.5, 0.6) is 5.75 Å². The summed E-state index contributed by atoms with van der Waals surface area (Å²) in [5.74, 6) is 1.62. The summed E-state index contributed by atoms with van der Waals surface area (Å²) < 4.78 is 5.23. The van der Waals surface area contributed by atoms with Crippen molar-refractivity contribution in [3.05, 3.63) is 29.3 Å². The minimum atomic E-state index is 0.655. The topological polar surface area (TPSA) is 35.2 Å². The van der Waals surface area contributed by atoms with E-state index < -0.39 is 0 Å². The number of ether oxygens (including phenoxy) is 1. The Hall–Kier alpha value is -1.02. The summed E-state index contributed by atoms with van der Waals surface area (Å²) >= 11 is 0. The van der Waals surface area contributed by atoms with Crippen molar-refractivity contribution in [3.63, 3.8) is 0 Å². The second kappa shape index (κ2) is 5.76. The lowest BCUT2D eigenvalue weighted by Gasteiger charge is -2.11. The second-order valence-electron chi connectivity index (χ2n) is 4.19. The molecule has 1 rings (SSSR count). The Morgan fingerprint density at radius 1 is 1.40 bits per heavy atom. The van der Waals surface area contributed by atoms with Crippen LogP contribution in [0.2, 0.25) is 0 Å². The summed E-state index contributed by atoms with van der Waals surface area (Å²) in [7, 11) is 1.71. The third-order valence-electron chi connectivity index (χ3n) is 2.70. The van der Waals surface area contributed by atoms with Gasteiger partial charge in [-0.05, 0) is 49.4 Å². The predicted molar refractivity (Wildman–Crippen MR) is 64.3 cm³/mol. The van der Waals surface area contributed by atoms with E-state index >= 15 is 0 Å². The summed E-state index contributed by atoms with van der Waals surface area (Å²) in [6.07, 6.45) is 2.19. The van der Waals surface area contributed by atoms with Crippen LogP contribution in [0, 0.1) is 12.8 Å². The smallest absolute Gasteiger partial charge is 0.121 e. The van der Waals surface area contributed by atoms with Crippen LogP contribution in [0.4, 0.5) is 0 Å². The van der Waals surface area contributed by atoms with Crippen LogP contribution in [0.25, 0.3) is 0 Å². The third-order valence-corrected chi connectivity index (χ3v) is 2.70. The van der Waals surface area contributed by atoms with E-state index in [0.717, 1.165) is 25.1 Å². The van der Waals surface area contributed by atoms with E-state index in [9.17, 15) is 0 Å². The predicted octanol–water partition coefficient (Wildman–Crippen LogP) is 2.53. The van der Waals surface area contributed by atoms with E-state index in [1.165, 1.54) is 11.1 Å². The molecule has 0 heterocycles. The van der Waals surface area contributed by atoms with Gasteiger partial charge in [0.05, 0.1) is 7.11 Å². The van der Waals surface area contributed by atoms with Crippen molar-refractivity contribution in [1.29, 1.82) is 0 Å². The molecule has 2 N–H and O–H groups in total. The van der Waals surface area contributed by atoms with E-state index in [4.69, 9.17) is 10.5 Å². The van der Waals surface area contributed by atoms with Crippen molar-refractivity contribution in [2.24, 2.45) is 11.7 Å². The second-order valence-corrected chi connectivity index (χ2v) is 4.19. The summed E-state index contributed by atoms with van der Waals surface area (Å²) in [6, 6.07) is 6.38. The zero-order chi connectivity index (χ0) is 11.3. The maximum atomic E-state index is 5.54. The number of nitrogens with two attached hydrogens (primary N) is 1. The summed E-state index contributed by atoms with van der Waals surface area (Å²) in [4.78, 5) is 0. The van der Waals surface area contributed by atoms with Crippen LogP contribution in [-0.4, -0.2) is 13.7 Å².